The highest BCUT2D eigenvalue weighted by molar-refractivity contribution is 5.92. The van der Waals surface area contributed by atoms with Crippen LogP contribution in [0.25, 0.3) is 0 Å². The summed E-state index contributed by atoms with van der Waals surface area (Å²) >= 11 is 0. The minimum atomic E-state index is -0.647. The van der Waals surface area contributed by atoms with Crippen LogP contribution in [0, 0.1) is 5.82 Å². The molecule has 0 saturated heterocycles. The third kappa shape index (κ3) is 4.78. The van der Waals surface area contributed by atoms with Gasteiger partial charge in [0.05, 0.1) is 5.56 Å². The molecule has 6 nitrogen and oxygen atoms in total. The van der Waals surface area contributed by atoms with Crippen molar-refractivity contribution < 1.29 is 18.7 Å². The van der Waals surface area contributed by atoms with Crippen LogP contribution in [0.1, 0.15) is 33.0 Å². The molecule has 0 aliphatic carbocycles. The highest BCUT2D eigenvalue weighted by Crippen LogP contribution is 2.07. The predicted octanol–water partition coefficient (Wildman–Crippen LogP) is 2.91. The van der Waals surface area contributed by atoms with Gasteiger partial charge in [-0.05, 0) is 37.0 Å². The maximum atomic E-state index is 12.8. The molecule has 1 heterocycles. The Labute approximate surface area is 131 Å². The molecule has 0 aliphatic rings. The topological polar surface area (TPSA) is 87.1 Å². The zero-order chi connectivity index (χ0) is 15.8. The smallest absolute Gasteiger partial charge is 0.277 e. The Morgan fingerprint density at radius 2 is 1.86 bits per heavy atom. The second-order valence-corrected chi connectivity index (χ2v) is 4.75. The van der Waals surface area contributed by atoms with Gasteiger partial charge in [-0.1, -0.05) is 12.1 Å². The van der Waals surface area contributed by atoms with E-state index < -0.39 is 5.91 Å². The lowest BCUT2D eigenvalue weighted by molar-refractivity contribution is 0.0705. The molecule has 2 rings (SSSR count). The van der Waals surface area contributed by atoms with E-state index in [4.69, 9.17) is 5.21 Å². The largest absolute Gasteiger partial charge is 0.354 e. The third-order valence-corrected chi connectivity index (χ3v) is 3.10. The molecule has 7 heteroatoms. The lowest BCUT2D eigenvalue weighted by atomic mass is 10.1. The van der Waals surface area contributed by atoms with Gasteiger partial charge in [0, 0.05) is 23.2 Å². The Balaban J connectivity index is 0. The van der Waals surface area contributed by atoms with Crippen molar-refractivity contribution in [1.29, 1.82) is 0 Å². The van der Waals surface area contributed by atoms with Crippen LogP contribution in [-0.2, 0) is 6.42 Å². The molecule has 3 N–H and O–H groups in total. The fourth-order valence-electron chi connectivity index (χ4n) is 1.91. The Morgan fingerprint density at radius 3 is 2.50 bits per heavy atom. The van der Waals surface area contributed by atoms with Gasteiger partial charge < -0.3 is 5.32 Å². The summed E-state index contributed by atoms with van der Waals surface area (Å²) in [6.45, 7) is 0.701. The van der Waals surface area contributed by atoms with Gasteiger partial charge in [-0.3, -0.25) is 10.0 Å². The summed E-state index contributed by atoms with van der Waals surface area (Å²) in [5.41, 5.74) is 2.81. The van der Waals surface area contributed by atoms with E-state index in [2.05, 4.69) is 15.3 Å². The molecule has 1 aromatic carbocycles. The fraction of sp³-hybridized carbons (Fsp3) is 0.267. The van der Waals surface area contributed by atoms with Gasteiger partial charge in [-0.25, -0.2) is 19.8 Å². The number of amides is 1. The Bertz CT molecular complexity index is 615. The molecule has 122 valence electrons. The van der Waals surface area contributed by atoms with E-state index >= 15 is 0 Å². The summed E-state index contributed by atoms with van der Waals surface area (Å²) in [5.74, 6) is -0.442. The van der Waals surface area contributed by atoms with Gasteiger partial charge in [-0.15, -0.1) is 0 Å². The van der Waals surface area contributed by atoms with Crippen molar-refractivity contribution in [3.8, 4) is 0 Å². The first-order chi connectivity index (χ1) is 10.7. The van der Waals surface area contributed by atoms with E-state index in [9.17, 15) is 9.18 Å². The SMILES string of the molecule is O=C(NO)c1cnc(NCCCCc2ccc(F)cc2)nc1.[HH].[HH].[HH]. The van der Waals surface area contributed by atoms with Gasteiger partial charge in [0.15, 0.2) is 0 Å². The molecular weight excluding hydrogens is 287 g/mol. The second kappa shape index (κ2) is 8.04. The Hall–Kier alpha value is -2.54. The van der Waals surface area contributed by atoms with Gasteiger partial charge >= 0.3 is 0 Å². The average Bonchev–Trinajstić information content (AvgIpc) is 2.56. The van der Waals surface area contributed by atoms with Crippen molar-refractivity contribution in [2.45, 2.75) is 19.3 Å². The van der Waals surface area contributed by atoms with Crippen LogP contribution in [0.5, 0.6) is 0 Å². The number of carbonyl (C=O) groups excluding carboxylic acids is 1. The number of hydrogen-bond donors (Lipinski definition) is 3. The van der Waals surface area contributed by atoms with Gasteiger partial charge in [0.1, 0.15) is 5.82 Å². The minimum Gasteiger partial charge on any atom is -0.354 e. The number of nitrogens with zero attached hydrogens (tertiary/aromatic N) is 2. The number of nitrogens with one attached hydrogen (secondary N) is 2. The van der Waals surface area contributed by atoms with Crippen molar-refractivity contribution in [3.05, 3.63) is 53.6 Å². The molecule has 0 bridgehead atoms. The lowest BCUT2D eigenvalue weighted by Gasteiger charge is -2.05. The van der Waals surface area contributed by atoms with E-state index in [1.165, 1.54) is 30.0 Å². The van der Waals surface area contributed by atoms with E-state index in [1.807, 2.05) is 0 Å². The number of anilines is 1. The van der Waals surface area contributed by atoms with Crippen molar-refractivity contribution in [2.24, 2.45) is 0 Å². The summed E-state index contributed by atoms with van der Waals surface area (Å²) in [7, 11) is 0. The van der Waals surface area contributed by atoms with E-state index in [0.717, 1.165) is 24.8 Å². The summed E-state index contributed by atoms with van der Waals surface area (Å²) < 4.78 is 12.8. The van der Waals surface area contributed by atoms with Crippen LogP contribution in [0.2, 0.25) is 0 Å². The monoisotopic (exact) mass is 310 g/mol. The van der Waals surface area contributed by atoms with Crippen molar-refractivity contribution in [1.82, 2.24) is 15.4 Å². The average molecular weight is 310 g/mol. The van der Waals surface area contributed by atoms with Crippen LogP contribution in [0.4, 0.5) is 10.3 Å². The standard InChI is InChI=1S/C15H17FN4O2.3H2/c16-13-6-4-11(5-7-13)3-1-2-8-17-15-18-9-12(10-19-15)14(21)20-22;;;/h4-7,9-10,22H,1-3,8H2,(H,20,21)(H,17,18,19);3*1H. The van der Waals surface area contributed by atoms with Gasteiger partial charge in [-0.2, -0.15) is 0 Å². The third-order valence-electron chi connectivity index (χ3n) is 3.10. The number of unbranched alkanes of at least 4 members (excludes halogenated alkanes) is 1. The quantitative estimate of drug-likeness (QED) is 0.416. The molecule has 0 atom stereocenters. The van der Waals surface area contributed by atoms with Crippen LogP contribution < -0.4 is 10.8 Å². The first kappa shape index (κ1) is 15.8. The Kier molecular flexibility index (Phi) is 5.79. The number of benzene rings is 1. The molecule has 0 fully saturated rings. The van der Waals surface area contributed by atoms with Crippen molar-refractivity contribution in [3.63, 3.8) is 0 Å². The number of aryl methyl sites for hydroxylation is 1. The molecule has 1 aromatic heterocycles. The van der Waals surface area contributed by atoms with E-state index in [1.54, 1.807) is 12.1 Å². The van der Waals surface area contributed by atoms with Crippen molar-refractivity contribution in [2.75, 3.05) is 11.9 Å². The maximum Gasteiger partial charge on any atom is 0.277 e. The number of rotatable bonds is 7. The molecule has 0 aliphatic heterocycles. The zero-order valence-electron chi connectivity index (χ0n) is 11.9. The molecule has 1 amide bonds. The molecular formula is C15H23FN4O2. The lowest BCUT2D eigenvalue weighted by Crippen LogP contribution is -2.19. The van der Waals surface area contributed by atoms with E-state index in [-0.39, 0.29) is 15.7 Å². The number of hydroxylamine groups is 1. The highest BCUT2D eigenvalue weighted by Gasteiger charge is 2.05. The number of hydrogen-bond acceptors (Lipinski definition) is 5. The summed E-state index contributed by atoms with van der Waals surface area (Å²) in [6.07, 6.45) is 5.43. The van der Waals surface area contributed by atoms with Crippen LogP contribution >= 0.6 is 0 Å². The first-order valence-corrected chi connectivity index (χ1v) is 6.94. The molecule has 0 radical (unpaired) electrons. The Morgan fingerprint density at radius 1 is 1.18 bits per heavy atom. The summed E-state index contributed by atoms with van der Waals surface area (Å²) in [6, 6.07) is 6.50. The maximum absolute atomic E-state index is 12.8. The summed E-state index contributed by atoms with van der Waals surface area (Å²) in [4.78, 5) is 19.0. The van der Waals surface area contributed by atoms with Gasteiger partial charge in [0.25, 0.3) is 5.91 Å². The van der Waals surface area contributed by atoms with Crippen molar-refractivity contribution >= 4 is 11.9 Å². The number of halogens is 1. The molecule has 0 spiro atoms. The molecule has 0 unspecified atom stereocenters. The van der Waals surface area contributed by atoms with Crippen LogP contribution in [0.15, 0.2) is 36.7 Å². The molecule has 2 aromatic rings. The molecule has 0 saturated carbocycles. The number of aromatic nitrogens is 2. The van der Waals surface area contributed by atoms with Crippen LogP contribution in [0.3, 0.4) is 0 Å². The fourth-order valence-corrected chi connectivity index (χ4v) is 1.91. The zero-order valence-corrected chi connectivity index (χ0v) is 11.9. The van der Waals surface area contributed by atoms with Crippen LogP contribution in [-0.4, -0.2) is 27.6 Å². The number of carbonyl (C=O) groups is 1. The predicted molar refractivity (Wildman–Crippen MR) is 85.5 cm³/mol. The molecule has 22 heavy (non-hydrogen) atoms. The first-order valence-electron chi connectivity index (χ1n) is 6.94. The highest BCUT2D eigenvalue weighted by atomic mass is 19.1. The van der Waals surface area contributed by atoms with Gasteiger partial charge in [0.2, 0.25) is 5.95 Å². The normalized spacial score (nSPS) is 10.3. The van der Waals surface area contributed by atoms with E-state index in [0.29, 0.717) is 12.5 Å². The minimum absolute atomic E-state index is 0. The summed E-state index contributed by atoms with van der Waals surface area (Å²) in [5, 5.41) is 11.5. The second-order valence-electron chi connectivity index (χ2n) is 4.75.